The Morgan fingerprint density at radius 1 is 1.08 bits per heavy atom. The standard InChI is InChI=1S/C17H11ClF3NO2/c18-14-9-11(19)3-5-13(14)17(23)22-7-1-2-8-24-16-6-4-12(20)10-15(16)21/h3-6,9-10H,7-8H2,(H,22,23). The summed E-state index contributed by atoms with van der Waals surface area (Å²) >= 11 is 5.76. The molecule has 0 heterocycles. The summed E-state index contributed by atoms with van der Waals surface area (Å²) in [5, 5.41) is 2.47. The predicted molar refractivity (Wildman–Crippen MR) is 83.4 cm³/mol. The molecule has 124 valence electrons. The fourth-order valence-corrected chi connectivity index (χ4v) is 1.97. The van der Waals surface area contributed by atoms with Crippen molar-refractivity contribution in [1.82, 2.24) is 5.32 Å². The number of nitrogens with one attached hydrogen (secondary N) is 1. The minimum atomic E-state index is -0.823. The van der Waals surface area contributed by atoms with Crippen LogP contribution in [0, 0.1) is 29.3 Å². The van der Waals surface area contributed by atoms with Crippen molar-refractivity contribution in [1.29, 1.82) is 0 Å². The van der Waals surface area contributed by atoms with E-state index in [0.717, 1.165) is 24.3 Å². The van der Waals surface area contributed by atoms with Crippen LogP contribution in [-0.4, -0.2) is 19.1 Å². The minimum Gasteiger partial charge on any atom is -0.478 e. The van der Waals surface area contributed by atoms with Gasteiger partial charge in [-0.2, -0.15) is 0 Å². The maximum Gasteiger partial charge on any atom is 0.253 e. The third kappa shape index (κ3) is 4.93. The normalized spacial score (nSPS) is 9.83. The van der Waals surface area contributed by atoms with Gasteiger partial charge in [0.2, 0.25) is 0 Å². The fourth-order valence-electron chi connectivity index (χ4n) is 1.71. The summed E-state index contributed by atoms with van der Waals surface area (Å²) in [7, 11) is 0. The van der Waals surface area contributed by atoms with Crippen molar-refractivity contribution in [3.63, 3.8) is 0 Å². The first kappa shape index (κ1) is 17.7. The van der Waals surface area contributed by atoms with Gasteiger partial charge in [-0.1, -0.05) is 23.4 Å². The topological polar surface area (TPSA) is 38.3 Å². The van der Waals surface area contributed by atoms with Gasteiger partial charge in [-0.25, -0.2) is 13.2 Å². The molecule has 3 nitrogen and oxygen atoms in total. The molecule has 24 heavy (non-hydrogen) atoms. The van der Waals surface area contributed by atoms with E-state index >= 15 is 0 Å². The van der Waals surface area contributed by atoms with Crippen molar-refractivity contribution in [2.45, 2.75) is 0 Å². The molecule has 0 atom stereocenters. The molecule has 0 unspecified atom stereocenters. The third-order valence-electron chi connectivity index (χ3n) is 2.83. The molecule has 0 fully saturated rings. The highest BCUT2D eigenvalue weighted by atomic mass is 35.5. The van der Waals surface area contributed by atoms with Crippen molar-refractivity contribution >= 4 is 17.5 Å². The van der Waals surface area contributed by atoms with E-state index in [1.165, 1.54) is 6.07 Å². The van der Waals surface area contributed by atoms with Crippen LogP contribution in [0.25, 0.3) is 0 Å². The Labute approximate surface area is 141 Å². The van der Waals surface area contributed by atoms with Crippen LogP contribution < -0.4 is 10.1 Å². The van der Waals surface area contributed by atoms with Gasteiger partial charge >= 0.3 is 0 Å². The van der Waals surface area contributed by atoms with Crippen LogP contribution in [0.1, 0.15) is 10.4 Å². The number of hydrogen-bond acceptors (Lipinski definition) is 2. The number of carbonyl (C=O) groups excluding carboxylic acids is 1. The number of amides is 1. The van der Waals surface area contributed by atoms with Crippen molar-refractivity contribution in [2.75, 3.05) is 13.2 Å². The van der Waals surface area contributed by atoms with E-state index in [-0.39, 0.29) is 29.5 Å². The van der Waals surface area contributed by atoms with E-state index < -0.39 is 23.4 Å². The lowest BCUT2D eigenvalue weighted by Gasteiger charge is -2.04. The number of hydrogen-bond donors (Lipinski definition) is 1. The Hall–Kier alpha value is -2.65. The Balaban J connectivity index is 1.80. The summed E-state index contributed by atoms with van der Waals surface area (Å²) in [5.41, 5.74) is 0.129. The maximum atomic E-state index is 13.3. The molecule has 0 spiro atoms. The molecule has 0 bridgehead atoms. The number of carbonyl (C=O) groups is 1. The lowest BCUT2D eigenvalue weighted by molar-refractivity contribution is 0.0959. The molecule has 1 N–H and O–H groups in total. The van der Waals surface area contributed by atoms with E-state index in [2.05, 4.69) is 17.2 Å². The number of halogens is 4. The van der Waals surface area contributed by atoms with Crippen LogP contribution in [-0.2, 0) is 0 Å². The van der Waals surface area contributed by atoms with Crippen LogP contribution >= 0.6 is 11.6 Å². The Kier molecular flexibility index (Phi) is 6.10. The van der Waals surface area contributed by atoms with Crippen molar-refractivity contribution in [3.05, 3.63) is 64.4 Å². The second-order valence-corrected chi connectivity index (χ2v) is 4.93. The lowest BCUT2D eigenvalue weighted by Crippen LogP contribution is -2.24. The summed E-state index contributed by atoms with van der Waals surface area (Å²) < 4.78 is 43.9. The average molecular weight is 354 g/mol. The lowest BCUT2D eigenvalue weighted by atomic mass is 10.2. The van der Waals surface area contributed by atoms with Gasteiger partial charge in [0.05, 0.1) is 17.1 Å². The molecule has 0 aliphatic carbocycles. The van der Waals surface area contributed by atoms with Crippen molar-refractivity contribution in [2.24, 2.45) is 0 Å². The molecule has 0 aromatic heterocycles. The van der Waals surface area contributed by atoms with E-state index in [4.69, 9.17) is 16.3 Å². The zero-order valence-electron chi connectivity index (χ0n) is 12.2. The fraction of sp³-hybridized carbons (Fsp3) is 0.118. The summed E-state index contributed by atoms with van der Waals surface area (Å²) in [5.74, 6) is 2.48. The minimum absolute atomic E-state index is 0.00178. The van der Waals surface area contributed by atoms with Crippen LogP contribution in [0.4, 0.5) is 13.2 Å². The largest absolute Gasteiger partial charge is 0.478 e. The Morgan fingerprint density at radius 2 is 1.79 bits per heavy atom. The molecule has 7 heteroatoms. The number of benzene rings is 2. The first-order valence-corrected chi connectivity index (χ1v) is 7.12. The molecule has 0 saturated carbocycles. The third-order valence-corrected chi connectivity index (χ3v) is 3.14. The van der Waals surface area contributed by atoms with Crippen LogP contribution in [0.15, 0.2) is 36.4 Å². The van der Waals surface area contributed by atoms with Crippen LogP contribution in [0.3, 0.4) is 0 Å². The second kappa shape index (κ2) is 8.27. The van der Waals surface area contributed by atoms with Gasteiger partial charge < -0.3 is 10.1 Å². The molecule has 0 saturated heterocycles. The van der Waals surface area contributed by atoms with Crippen LogP contribution in [0.2, 0.25) is 5.02 Å². The first-order chi connectivity index (χ1) is 11.5. The molecule has 1 amide bonds. The van der Waals surface area contributed by atoms with E-state index in [0.29, 0.717) is 6.07 Å². The van der Waals surface area contributed by atoms with Gasteiger partial charge in [0.1, 0.15) is 18.2 Å². The van der Waals surface area contributed by atoms with Gasteiger partial charge in [0.15, 0.2) is 11.6 Å². The zero-order valence-corrected chi connectivity index (χ0v) is 13.0. The van der Waals surface area contributed by atoms with Crippen molar-refractivity contribution < 1.29 is 22.7 Å². The van der Waals surface area contributed by atoms with E-state index in [9.17, 15) is 18.0 Å². The summed E-state index contributed by atoms with van der Waals surface area (Å²) in [4.78, 5) is 11.8. The SMILES string of the molecule is O=C(NCC#CCOc1ccc(F)cc1F)c1ccc(F)cc1Cl. The summed E-state index contributed by atoms with van der Waals surface area (Å²) in [6.45, 7) is -0.127. The van der Waals surface area contributed by atoms with E-state index in [1.54, 1.807) is 0 Å². The molecule has 2 aromatic rings. The van der Waals surface area contributed by atoms with Gasteiger partial charge in [0, 0.05) is 6.07 Å². The highest BCUT2D eigenvalue weighted by Gasteiger charge is 2.09. The summed E-state index contributed by atoms with van der Waals surface area (Å²) in [6, 6.07) is 6.35. The van der Waals surface area contributed by atoms with Crippen molar-refractivity contribution in [3.8, 4) is 17.6 Å². The Bertz CT molecular complexity index is 815. The highest BCUT2D eigenvalue weighted by Crippen LogP contribution is 2.17. The first-order valence-electron chi connectivity index (χ1n) is 6.74. The molecule has 2 rings (SSSR count). The quantitative estimate of drug-likeness (QED) is 0.853. The smallest absolute Gasteiger partial charge is 0.253 e. The molecule has 2 aromatic carbocycles. The van der Waals surface area contributed by atoms with Gasteiger partial charge in [-0.05, 0) is 30.3 Å². The molecule has 0 aliphatic heterocycles. The molecule has 0 radical (unpaired) electrons. The van der Waals surface area contributed by atoms with Gasteiger partial charge in [-0.3, -0.25) is 4.79 Å². The monoisotopic (exact) mass is 353 g/mol. The molecule has 0 aliphatic rings. The van der Waals surface area contributed by atoms with Gasteiger partial charge in [0.25, 0.3) is 5.91 Å². The number of ether oxygens (including phenoxy) is 1. The zero-order chi connectivity index (χ0) is 17.5. The maximum absolute atomic E-state index is 13.3. The predicted octanol–water partition coefficient (Wildman–Crippen LogP) is 3.57. The van der Waals surface area contributed by atoms with E-state index in [1.807, 2.05) is 0 Å². The molecular weight excluding hydrogens is 343 g/mol. The average Bonchev–Trinajstić information content (AvgIpc) is 2.52. The highest BCUT2D eigenvalue weighted by molar-refractivity contribution is 6.33. The van der Waals surface area contributed by atoms with Gasteiger partial charge in [-0.15, -0.1) is 0 Å². The summed E-state index contributed by atoms with van der Waals surface area (Å²) in [6.07, 6.45) is 0. The number of rotatable bonds is 4. The van der Waals surface area contributed by atoms with Crippen LogP contribution in [0.5, 0.6) is 5.75 Å². The Morgan fingerprint density at radius 3 is 2.50 bits per heavy atom. The molecular formula is C17H11ClF3NO2. The second-order valence-electron chi connectivity index (χ2n) is 4.52.